The van der Waals surface area contributed by atoms with Gasteiger partial charge < -0.3 is 0 Å². The number of rotatable bonds is 4. The Hall–Kier alpha value is -1.13. The van der Waals surface area contributed by atoms with E-state index in [1.165, 1.54) is 0 Å². The molecule has 0 aromatic carbocycles. The van der Waals surface area contributed by atoms with Gasteiger partial charge in [0.05, 0.1) is 0 Å². The molecular weight excluding hydrogens is 278 g/mol. The zero-order valence-electron chi connectivity index (χ0n) is 11.3. The first kappa shape index (κ1) is 14.3. The number of nitrogens with zero attached hydrogens (tertiary/aromatic N) is 3. The van der Waals surface area contributed by atoms with Crippen LogP contribution in [0.2, 0.25) is 5.02 Å². The lowest BCUT2D eigenvalue weighted by Crippen LogP contribution is -1.98. The van der Waals surface area contributed by atoms with E-state index in [0.29, 0.717) is 0 Å². The Balaban J connectivity index is 2.18. The second kappa shape index (κ2) is 6.35. The maximum absolute atomic E-state index is 6.24. The van der Waals surface area contributed by atoms with Crippen LogP contribution >= 0.6 is 23.4 Å². The van der Waals surface area contributed by atoms with Crippen molar-refractivity contribution in [2.24, 2.45) is 0 Å². The zero-order valence-corrected chi connectivity index (χ0v) is 12.8. The van der Waals surface area contributed by atoms with E-state index in [1.54, 1.807) is 18.0 Å². The number of thioether (sulfide) groups is 1. The van der Waals surface area contributed by atoms with Gasteiger partial charge >= 0.3 is 0 Å². The number of aromatic nitrogens is 3. The highest BCUT2D eigenvalue weighted by Gasteiger charge is 2.09. The van der Waals surface area contributed by atoms with Crippen molar-refractivity contribution in [3.8, 4) is 0 Å². The summed E-state index contributed by atoms with van der Waals surface area (Å²) < 4.78 is 0. The number of pyridine rings is 1. The van der Waals surface area contributed by atoms with Crippen LogP contribution in [0, 0.1) is 13.8 Å². The molecule has 3 nitrogen and oxygen atoms in total. The lowest BCUT2D eigenvalue weighted by Gasteiger charge is -2.08. The summed E-state index contributed by atoms with van der Waals surface area (Å²) in [6.45, 7) is 6.04. The summed E-state index contributed by atoms with van der Waals surface area (Å²) in [7, 11) is 0. The SMILES string of the molecule is CCc1nccc(Cl)c1CSc1nc(C)cc(C)n1. The van der Waals surface area contributed by atoms with Gasteiger partial charge in [-0.3, -0.25) is 4.98 Å². The molecular formula is C14H16ClN3S. The molecule has 5 heteroatoms. The van der Waals surface area contributed by atoms with Crippen LogP contribution in [-0.2, 0) is 12.2 Å². The standard InChI is InChI=1S/C14H16ClN3S/c1-4-13-11(12(15)5-6-16-13)8-19-14-17-9(2)7-10(3)18-14/h5-7H,4,8H2,1-3H3. The molecule has 0 atom stereocenters. The van der Waals surface area contributed by atoms with E-state index in [2.05, 4.69) is 21.9 Å². The maximum atomic E-state index is 6.24. The predicted molar refractivity (Wildman–Crippen MR) is 79.7 cm³/mol. The second-order valence-electron chi connectivity index (χ2n) is 4.29. The molecule has 0 fully saturated rings. The molecule has 100 valence electrons. The molecule has 0 bridgehead atoms. The van der Waals surface area contributed by atoms with Gasteiger partial charge in [-0.15, -0.1) is 0 Å². The van der Waals surface area contributed by atoms with Crippen LogP contribution in [-0.4, -0.2) is 15.0 Å². The van der Waals surface area contributed by atoms with Crippen molar-refractivity contribution >= 4 is 23.4 Å². The van der Waals surface area contributed by atoms with Gasteiger partial charge in [0.25, 0.3) is 0 Å². The molecule has 0 N–H and O–H groups in total. The summed E-state index contributed by atoms with van der Waals surface area (Å²) in [4.78, 5) is 13.2. The Bertz CT molecular complexity index is 567. The molecule has 0 amide bonds. The summed E-state index contributed by atoms with van der Waals surface area (Å²) in [5.41, 5.74) is 4.11. The largest absolute Gasteiger partial charge is 0.261 e. The van der Waals surface area contributed by atoms with Crippen molar-refractivity contribution in [2.75, 3.05) is 0 Å². The van der Waals surface area contributed by atoms with Gasteiger partial charge in [0.15, 0.2) is 5.16 Å². The van der Waals surface area contributed by atoms with Gasteiger partial charge in [0.2, 0.25) is 0 Å². The summed E-state index contributed by atoms with van der Waals surface area (Å²) in [5, 5.41) is 1.56. The van der Waals surface area contributed by atoms with Crippen molar-refractivity contribution in [1.29, 1.82) is 0 Å². The van der Waals surface area contributed by atoms with Crippen LogP contribution in [0.3, 0.4) is 0 Å². The van der Waals surface area contributed by atoms with E-state index in [0.717, 1.165) is 45.0 Å². The molecule has 0 unspecified atom stereocenters. The minimum Gasteiger partial charge on any atom is -0.261 e. The highest BCUT2D eigenvalue weighted by Crippen LogP contribution is 2.26. The van der Waals surface area contributed by atoms with Gasteiger partial charge in [0.1, 0.15) is 0 Å². The van der Waals surface area contributed by atoms with Gasteiger partial charge in [-0.25, -0.2) is 9.97 Å². The number of aryl methyl sites for hydroxylation is 3. The predicted octanol–water partition coefficient (Wildman–Crippen LogP) is 4.00. The van der Waals surface area contributed by atoms with E-state index in [9.17, 15) is 0 Å². The quantitative estimate of drug-likeness (QED) is 0.631. The fraction of sp³-hybridized carbons (Fsp3) is 0.357. The number of hydrogen-bond donors (Lipinski definition) is 0. The zero-order chi connectivity index (χ0) is 13.8. The normalized spacial score (nSPS) is 10.7. The third-order valence-corrected chi connectivity index (χ3v) is 3.96. The van der Waals surface area contributed by atoms with Crippen LogP contribution in [0.15, 0.2) is 23.5 Å². The lowest BCUT2D eigenvalue weighted by atomic mass is 10.2. The lowest BCUT2D eigenvalue weighted by molar-refractivity contribution is 0.900. The van der Waals surface area contributed by atoms with Crippen LogP contribution in [0.1, 0.15) is 29.6 Å². The first-order valence-corrected chi connectivity index (χ1v) is 7.54. The van der Waals surface area contributed by atoms with E-state index < -0.39 is 0 Å². The Morgan fingerprint density at radius 2 is 1.89 bits per heavy atom. The van der Waals surface area contributed by atoms with Crippen LogP contribution in [0.4, 0.5) is 0 Å². The molecule has 2 aromatic rings. The summed E-state index contributed by atoms with van der Waals surface area (Å²) in [5.74, 6) is 0.749. The fourth-order valence-electron chi connectivity index (χ4n) is 1.86. The van der Waals surface area contributed by atoms with E-state index >= 15 is 0 Å². The summed E-state index contributed by atoms with van der Waals surface area (Å²) in [6.07, 6.45) is 2.63. The van der Waals surface area contributed by atoms with E-state index in [-0.39, 0.29) is 0 Å². The molecule has 2 aromatic heterocycles. The van der Waals surface area contributed by atoms with Gasteiger partial charge in [-0.2, -0.15) is 0 Å². The smallest absolute Gasteiger partial charge is 0.188 e. The highest BCUT2D eigenvalue weighted by atomic mass is 35.5. The Morgan fingerprint density at radius 1 is 1.21 bits per heavy atom. The van der Waals surface area contributed by atoms with Gasteiger partial charge in [0, 0.05) is 39.6 Å². The van der Waals surface area contributed by atoms with Crippen molar-refractivity contribution in [2.45, 2.75) is 38.1 Å². The third kappa shape index (κ3) is 3.67. The molecule has 2 heterocycles. The van der Waals surface area contributed by atoms with Crippen LogP contribution < -0.4 is 0 Å². The molecule has 0 aliphatic carbocycles. The molecule has 0 saturated carbocycles. The molecule has 0 spiro atoms. The molecule has 0 radical (unpaired) electrons. The van der Waals surface area contributed by atoms with Crippen molar-refractivity contribution in [3.05, 3.63) is 46.0 Å². The Kier molecular flexibility index (Phi) is 4.77. The van der Waals surface area contributed by atoms with Crippen LogP contribution in [0.5, 0.6) is 0 Å². The molecule has 2 rings (SSSR count). The van der Waals surface area contributed by atoms with Crippen LogP contribution in [0.25, 0.3) is 0 Å². The van der Waals surface area contributed by atoms with Gasteiger partial charge in [-0.05, 0) is 32.4 Å². The molecule has 0 saturated heterocycles. The summed E-state index contributed by atoms with van der Waals surface area (Å²) >= 11 is 7.84. The topological polar surface area (TPSA) is 38.7 Å². The third-order valence-electron chi connectivity index (χ3n) is 2.73. The first-order valence-electron chi connectivity index (χ1n) is 6.17. The fourth-order valence-corrected chi connectivity index (χ4v) is 3.18. The minimum atomic E-state index is 0.749. The maximum Gasteiger partial charge on any atom is 0.188 e. The average Bonchev–Trinajstić information content (AvgIpc) is 2.36. The molecule has 0 aliphatic rings. The number of hydrogen-bond acceptors (Lipinski definition) is 4. The highest BCUT2D eigenvalue weighted by molar-refractivity contribution is 7.98. The summed E-state index contributed by atoms with van der Waals surface area (Å²) in [6, 6.07) is 3.80. The minimum absolute atomic E-state index is 0.749. The van der Waals surface area contributed by atoms with E-state index in [4.69, 9.17) is 11.6 Å². The van der Waals surface area contributed by atoms with Gasteiger partial charge in [-0.1, -0.05) is 30.3 Å². The van der Waals surface area contributed by atoms with Crippen molar-refractivity contribution in [1.82, 2.24) is 15.0 Å². The molecule has 0 aliphatic heterocycles. The average molecular weight is 294 g/mol. The Labute approximate surface area is 122 Å². The Morgan fingerprint density at radius 3 is 2.53 bits per heavy atom. The molecule has 19 heavy (non-hydrogen) atoms. The second-order valence-corrected chi connectivity index (χ2v) is 5.64. The first-order chi connectivity index (χ1) is 9.10. The number of halogens is 1. The monoisotopic (exact) mass is 293 g/mol. The van der Waals surface area contributed by atoms with Crippen molar-refractivity contribution < 1.29 is 0 Å². The van der Waals surface area contributed by atoms with Crippen molar-refractivity contribution in [3.63, 3.8) is 0 Å². The van der Waals surface area contributed by atoms with E-state index in [1.807, 2.05) is 26.0 Å².